The Morgan fingerprint density at radius 1 is 1.21 bits per heavy atom. The molecule has 3 nitrogen and oxygen atoms in total. The third-order valence-electron chi connectivity index (χ3n) is 3.21. The second-order valence-corrected chi connectivity index (χ2v) is 4.48. The largest absolute Gasteiger partial charge is 0.493 e. The molecule has 96 valence electrons. The Labute approximate surface area is 109 Å². The Morgan fingerprint density at radius 3 is 2.84 bits per heavy atom. The highest BCUT2D eigenvalue weighted by molar-refractivity contribution is 6.12. The van der Waals surface area contributed by atoms with Crippen molar-refractivity contribution < 1.29 is 13.9 Å². The van der Waals surface area contributed by atoms with Gasteiger partial charge in [-0.3, -0.25) is 4.79 Å². The number of hydrogen-bond donors (Lipinski definition) is 1. The first-order valence-electron chi connectivity index (χ1n) is 6.00. The van der Waals surface area contributed by atoms with Crippen LogP contribution in [0.25, 0.3) is 0 Å². The van der Waals surface area contributed by atoms with E-state index >= 15 is 0 Å². The first-order chi connectivity index (χ1) is 9.15. The fraction of sp³-hybridized carbons (Fsp3) is 0.133. The van der Waals surface area contributed by atoms with E-state index in [1.165, 1.54) is 12.1 Å². The second-order valence-electron chi connectivity index (χ2n) is 4.48. The highest BCUT2D eigenvalue weighted by Crippen LogP contribution is 2.27. The van der Waals surface area contributed by atoms with Gasteiger partial charge in [0.25, 0.3) is 0 Å². The lowest BCUT2D eigenvalue weighted by molar-refractivity contribution is 0.103. The van der Waals surface area contributed by atoms with E-state index in [9.17, 15) is 9.18 Å². The van der Waals surface area contributed by atoms with Gasteiger partial charge in [-0.15, -0.1) is 0 Å². The number of nitrogen functional groups attached to an aromatic ring is 1. The van der Waals surface area contributed by atoms with Crippen molar-refractivity contribution in [2.45, 2.75) is 6.42 Å². The van der Waals surface area contributed by atoms with Gasteiger partial charge in [-0.25, -0.2) is 4.39 Å². The molecule has 0 bridgehead atoms. The van der Waals surface area contributed by atoms with Crippen molar-refractivity contribution in [1.29, 1.82) is 0 Å². The third-order valence-corrected chi connectivity index (χ3v) is 3.21. The summed E-state index contributed by atoms with van der Waals surface area (Å²) in [7, 11) is 0. The molecule has 19 heavy (non-hydrogen) atoms. The highest BCUT2D eigenvalue weighted by atomic mass is 19.1. The zero-order valence-electron chi connectivity index (χ0n) is 10.2. The molecule has 1 heterocycles. The van der Waals surface area contributed by atoms with Gasteiger partial charge < -0.3 is 10.5 Å². The lowest BCUT2D eigenvalue weighted by Crippen LogP contribution is -2.06. The lowest BCUT2D eigenvalue weighted by atomic mass is 9.99. The van der Waals surface area contributed by atoms with Gasteiger partial charge in [0, 0.05) is 23.2 Å². The molecule has 0 aromatic heterocycles. The molecule has 0 spiro atoms. The van der Waals surface area contributed by atoms with E-state index in [0.717, 1.165) is 23.8 Å². The number of rotatable bonds is 2. The molecule has 2 N–H and O–H groups in total. The van der Waals surface area contributed by atoms with Crippen molar-refractivity contribution in [1.82, 2.24) is 0 Å². The molecule has 0 aliphatic carbocycles. The molecular weight excluding hydrogens is 245 g/mol. The molecule has 0 saturated carbocycles. The predicted molar refractivity (Wildman–Crippen MR) is 69.9 cm³/mol. The van der Waals surface area contributed by atoms with E-state index in [1.807, 2.05) is 6.07 Å². The van der Waals surface area contributed by atoms with E-state index < -0.39 is 5.82 Å². The zero-order chi connectivity index (χ0) is 13.4. The number of ether oxygens (including phenoxy) is 1. The smallest absolute Gasteiger partial charge is 0.195 e. The quantitative estimate of drug-likeness (QED) is 0.664. The van der Waals surface area contributed by atoms with Gasteiger partial charge in [-0.2, -0.15) is 0 Å². The number of ketones is 1. The van der Waals surface area contributed by atoms with E-state index in [-0.39, 0.29) is 11.5 Å². The van der Waals surface area contributed by atoms with Crippen molar-refractivity contribution in [3.63, 3.8) is 0 Å². The van der Waals surface area contributed by atoms with Crippen molar-refractivity contribution in [2.24, 2.45) is 0 Å². The molecule has 0 radical (unpaired) electrons. The Balaban J connectivity index is 2.00. The molecule has 0 fully saturated rings. The van der Waals surface area contributed by atoms with Crippen molar-refractivity contribution in [3.8, 4) is 5.75 Å². The van der Waals surface area contributed by atoms with Crippen molar-refractivity contribution >= 4 is 11.5 Å². The van der Waals surface area contributed by atoms with Gasteiger partial charge in [0.1, 0.15) is 11.6 Å². The van der Waals surface area contributed by atoms with E-state index in [4.69, 9.17) is 10.5 Å². The normalized spacial score (nSPS) is 12.9. The highest BCUT2D eigenvalue weighted by Gasteiger charge is 2.17. The minimum Gasteiger partial charge on any atom is -0.493 e. The summed E-state index contributed by atoms with van der Waals surface area (Å²) in [6.45, 7) is 0.645. The molecule has 0 amide bonds. The second kappa shape index (κ2) is 4.39. The summed E-state index contributed by atoms with van der Waals surface area (Å²) in [6.07, 6.45) is 0.801. The monoisotopic (exact) mass is 257 g/mol. The molecule has 3 rings (SSSR count). The number of hydrogen-bond acceptors (Lipinski definition) is 3. The summed E-state index contributed by atoms with van der Waals surface area (Å²) in [5, 5.41) is 0. The number of fused-ring (bicyclic) bond motifs is 1. The summed E-state index contributed by atoms with van der Waals surface area (Å²) in [5.41, 5.74) is 7.72. The van der Waals surface area contributed by atoms with Crippen LogP contribution in [0.4, 0.5) is 10.1 Å². The van der Waals surface area contributed by atoms with Gasteiger partial charge >= 0.3 is 0 Å². The molecule has 0 unspecified atom stereocenters. The minimum absolute atomic E-state index is 0.154. The van der Waals surface area contributed by atoms with Gasteiger partial charge in [0.2, 0.25) is 0 Å². The zero-order valence-corrected chi connectivity index (χ0v) is 10.2. The Hall–Kier alpha value is -2.36. The topological polar surface area (TPSA) is 52.3 Å². The van der Waals surface area contributed by atoms with Crippen molar-refractivity contribution in [3.05, 3.63) is 58.9 Å². The average Bonchev–Trinajstić information content (AvgIpc) is 2.85. The summed E-state index contributed by atoms with van der Waals surface area (Å²) in [6, 6.07) is 9.11. The van der Waals surface area contributed by atoms with Crippen molar-refractivity contribution in [2.75, 3.05) is 12.3 Å². The fourth-order valence-corrected chi connectivity index (χ4v) is 2.22. The first-order valence-corrected chi connectivity index (χ1v) is 6.00. The van der Waals surface area contributed by atoms with Crippen LogP contribution in [0, 0.1) is 5.82 Å². The standard InChI is InChI=1S/C15H12FNO2/c16-11-2-3-12(13(17)8-11)15(18)10-1-4-14-9(7-10)5-6-19-14/h1-4,7-8H,5-6,17H2. The molecule has 1 aliphatic heterocycles. The fourth-order valence-electron chi connectivity index (χ4n) is 2.22. The van der Waals surface area contributed by atoms with Crippen LogP contribution in [0.5, 0.6) is 5.75 Å². The molecule has 4 heteroatoms. The summed E-state index contributed by atoms with van der Waals surface area (Å²) < 4.78 is 18.4. The van der Waals surface area contributed by atoms with Gasteiger partial charge in [0.15, 0.2) is 5.78 Å². The van der Waals surface area contributed by atoms with Crippen LogP contribution in [0.2, 0.25) is 0 Å². The minimum atomic E-state index is -0.448. The Morgan fingerprint density at radius 2 is 2.05 bits per heavy atom. The van der Waals surface area contributed by atoms with Crippen LogP contribution >= 0.6 is 0 Å². The first kappa shape index (κ1) is 11.7. The number of benzene rings is 2. The van der Waals surface area contributed by atoms with Crippen LogP contribution in [0.1, 0.15) is 21.5 Å². The average molecular weight is 257 g/mol. The number of nitrogens with two attached hydrogens (primary N) is 1. The summed E-state index contributed by atoms with van der Waals surface area (Å²) in [4.78, 5) is 12.3. The lowest BCUT2D eigenvalue weighted by Gasteiger charge is -2.06. The molecule has 2 aromatic rings. The molecular formula is C15H12FNO2. The SMILES string of the molecule is Nc1cc(F)ccc1C(=O)c1ccc2c(c1)CCO2. The van der Waals surface area contributed by atoms with Crippen LogP contribution in [-0.2, 0) is 6.42 Å². The summed E-state index contributed by atoms with van der Waals surface area (Å²) in [5.74, 6) is 0.173. The van der Waals surface area contributed by atoms with E-state index in [1.54, 1.807) is 12.1 Å². The maximum Gasteiger partial charge on any atom is 0.195 e. The predicted octanol–water partition coefficient (Wildman–Crippen LogP) is 2.57. The molecule has 2 aromatic carbocycles. The molecule has 0 saturated heterocycles. The van der Waals surface area contributed by atoms with E-state index in [2.05, 4.69) is 0 Å². The van der Waals surface area contributed by atoms with Gasteiger partial charge in [0.05, 0.1) is 6.61 Å². The number of halogens is 1. The number of carbonyl (C=O) groups excluding carboxylic acids is 1. The van der Waals surface area contributed by atoms with Crippen LogP contribution in [0.15, 0.2) is 36.4 Å². The van der Waals surface area contributed by atoms with Gasteiger partial charge in [-0.05, 0) is 42.0 Å². The maximum absolute atomic E-state index is 13.0. The summed E-state index contributed by atoms with van der Waals surface area (Å²) >= 11 is 0. The van der Waals surface area contributed by atoms with Crippen LogP contribution < -0.4 is 10.5 Å². The molecule has 1 aliphatic rings. The maximum atomic E-state index is 13.0. The Bertz CT molecular complexity index is 667. The van der Waals surface area contributed by atoms with Crippen LogP contribution in [-0.4, -0.2) is 12.4 Å². The van der Waals surface area contributed by atoms with Crippen LogP contribution in [0.3, 0.4) is 0 Å². The molecule has 0 atom stereocenters. The Kier molecular flexibility index (Phi) is 2.71. The van der Waals surface area contributed by atoms with E-state index in [0.29, 0.717) is 17.7 Å². The number of anilines is 1. The third kappa shape index (κ3) is 2.05. The van der Waals surface area contributed by atoms with Gasteiger partial charge in [-0.1, -0.05) is 0 Å². The number of carbonyl (C=O) groups is 1.